The van der Waals surface area contributed by atoms with Crippen molar-refractivity contribution < 1.29 is 14.3 Å². The summed E-state index contributed by atoms with van der Waals surface area (Å²) >= 11 is 0. The standard InChI is InChI=1S/C13H20O3/c1-4-6-10-7-8-13(3,11(14)9-10)12(15)16-5-2/h4,6,10H,5,7-9H2,1-3H3/b6-4+/t10-,13+/m0/s1. The lowest BCUT2D eigenvalue weighted by atomic mass is 9.70. The van der Waals surface area contributed by atoms with Crippen molar-refractivity contribution in [2.75, 3.05) is 6.61 Å². The molecule has 0 N–H and O–H groups in total. The summed E-state index contributed by atoms with van der Waals surface area (Å²) in [6.07, 6.45) is 5.94. The van der Waals surface area contributed by atoms with Crippen molar-refractivity contribution >= 4 is 11.8 Å². The van der Waals surface area contributed by atoms with Crippen molar-refractivity contribution in [1.82, 2.24) is 0 Å². The van der Waals surface area contributed by atoms with Crippen molar-refractivity contribution in [1.29, 1.82) is 0 Å². The summed E-state index contributed by atoms with van der Waals surface area (Å²) in [7, 11) is 0. The van der Waals surface area contributed by atoms with Gasteiger partial charge in [-0.25, -0.2) is 0 Å². The maximum Gasteiger partial charge on any atom is 0.319 e. The summed E-state index contributed by atoms with van der Waals surface area (Å²) in [5.74, 6) is -0.0563. The zero-order valence-electron chi connectivity index (χ0n) is 10.3. The number of allylic oxidation sites excluding steroid dienone is 2. The normalized spacial score (nSPS) is 30.7. The molecule has 0 aromatic rings. The lowest BCUT2D eigenvalue weighted by Gasteiger charge is -2.32. The van der Waals surface area contributed by atoms with Crippen LogP contribution in [0.5, 0.6) is 0 Å². The first-order valence-electron chi connectivity index (χ1n) is 5.88. The van der Waals surface area contributed by atoms with Crippen molar-refractivity contribution in [3.05, 3.63) is 12.2 Å². The summed E-state index contributed by atoms with van der Waals surface area (Å²) < 4.78 is 4.97. The first-order valence-corrected chi connectivity index (χ1v) is 5.88. The Labute approximate surface area is 96.9 Å². The van der Waals surface area contributed by atoms with Crippen LogP contribution in [0.1, 0.15) is 40.0 Å². The van der Waals surface area contributed by atoms with Gasteiger partial charge in [-0.05, 0) is 39.5 Å². The van der Waals surface area contributed by atoms with Gasteiger partial charge in [0.05, 0.1) is 6.61 Å². The third-order valence-electron chi connectivity index (χ3n) is 3.27. The molecular formula is C13H20O3. The fraction of sp³-hybridized carbons (Fsp3) is 0.692. The van der Waals surface area contributed by atoms with Gasteiger partial charge in [0.15, 0.2) is 0 Å². The van der Waals surface area contributed by atoms with Crippen LogP contribution in [0.3, 0.4) is 0 Å². The van der Waals surface area contributed by atoms with E-state index in [1.807, 2.05) is 19.1 Å². The van der Waals surface area contributed by atoms with Crippen LogP contribution in [0, 0.1) is 11.3 Å². The molecule has 0 heterocycles. The zero-order valence-corrected chi connectivity index (χ0v) is 10.3. The van der Waals surface area contributed by atoms with Gasteiger partial charge in [0, 0.05) is 6.42 Å². The highest BCUT2D eigenvalue weighted by Crippen LogP contribution is 2.37. The third-order valence-corrected chi connectivity index (χ3v) is 3.27. The first kappa shape index (κ1) is 12.9. The molecule has 2 atom stereocenters. The van der Waals surface area contributed by atoms with E-state index in [-0.39, 0.29) is 11.8 Å². The minimum atomic E-state index is -0.909. The van der Waals surface area contributed by atoms with E-state index >= 15 is 0 Å². The van der Waals surface area contributed by atoms with Gasteiger partial charge in [0.25, 0.3) is 0 Å². The second kappa shape index (κ2) is 5.28. The lowest BCUT2D eigenvalue weighted by molar-refractivity contribution is -0.161. The first-order chi connectivity index (χ1) is 7.54. The van der Waals surface area contributed by atoms with Gasteiger partial charge >= 0.3 is 5.97 Å². The molecule has 1 aliphatic carbocycles. The van der Waals surface area contributed by atoms with Crippen LogP contribution in [-0.2, 0) is 14.3 Å². The van der Waals surface area contributed by atoms with Gasteiger partial charge in [-0.1, -0.05) is 12.2 Å². The van der Waals surface area contributed by atoms with Gasteiger partial charge in [0.1, 0.15) is 11.2 Å². The SMILES string of the molecule is C/C=C/[C@H]1CC[C@@](C)(C(=O)OCC)C(=O)C1. The molecule has 0 spiro atoms. The number of rotatable bonds is 3. The van der Waals surface area contributed by atoms with E-state index in [9.17, 15) is 9.59 Å². The fourth-order valence-electron chi connectivity index (χ4n) is 2.12. The van der Waals surface area contributed by atoms with E-state index in [2.05, 4.69) is 0 Å². The van der Waals surface area contributed by atoms with Crippen LogP contribution in [0.25, 0.3) is 0 Å². The molecule has 1 rings (SSSR count). The van der Waals surface area contributed by atoms with Gasteiger partial charge in [0.2, 0.25) is 0 Å². The van der Waals surface area contributed by atoms with Crippen LogP contribution < -0.4 is 0 Å². The molecule has 0 unspecified atom stereocenters. The molecule has 3 heteroatoms. The predicted molar refractivity (Wildman–Crippen MR) is 61.9 cm³/mol. The molecule has 1 fully saturated rings. The molecule has 0 radical (unpaired) electrons. The van der Waals surface area contributed by atoms with Crippen molar-refractivity contribution in [3.8, 4) is 0 Å². The minimum Gasteiger partial charge on any atom is -0.465 e. The molecular weight excluding hydrogens is 204 g/mol. The molecule has 0 aromatic carbocycles. The Morgan fingerprint density at radius 2 is 2.31 bits per heavy atom. The van der Waals surface area contributed by atoms with E-state index < -0.39 is 5.41 Å². The van der Waals surface area contributed by atoms with E-state index in [1.54, 1.807) is 13.8 Å². The average Bonchev–Trinajstić information content (AvgIpc) is 2.24. The predicted octanol–water partition coefficient (Wildman–Crippen LogP) is 2.50. The van der Waals surface area contributed by atoms with E-state index in [4.69, 9.17) is 4.74 Å². The molecule has 0 bridgehead atoms. The Morgan fingerprint density at radius 3 is 2.81 bits per heavy atom. The highest BCUT2D eigenvalue weighted by atomic mass is 16.5. The molecule has 0 aliphatic heterocycles. The smallest absolute Gasteiger partial charge is 0.319 e. The molecule has 3 nitrogen and oxygen atoms in total. The van der Waals surface area contributed by atoms with Crippen LogP contribution in [0.4, 0.5) is 0 Å². The maximum atomic E-state index is 12.0. The summed E-state index contributed by atoms with van der Waals surface area (Å²) in [5, 5.41) is 0. The number of carbonyl (C=O) groups excluding carboxylic acids is 2. The number of ether oxygens (including phenoxy) is 1. The van der Waals surface area contributed by atoms with Gasteiger partial charge < -0.3 is 4.74 Å². The molecule has 1 aliphatic rings. The average molecular weight is 224 g/mol. The second-order valence-corrected chi connectivity index (χ2v) is 4.50. The van der Waals surface area contributed by atoms with Gasteiger partial charge in [-0.3, -0.25) is 9.59 Å². The summed E-state index contributed by atoms with van der Waals surface area (Å²) in [6, 6.07) is 0. The monoisotopic (exact) mass is 224 g/mol. The van der Waals surface area contributed by atoms with Crippen molar-refractivity contribution in [2.45, 2.75) is 40.0 Å². The third kappa shape index (κ3) is 2.52. The molecule has 0 aromatic heterocycles. The molecule has 1 saturated carbocycles. The van der Waals surface area contributed by atoms with Gasteiger partial charge in [-0.15, -0.1) is 0 Å². The summed E-state index contributed by atoms with van der Waals surface area (Å²) in [4.78, 5) is 23.7. The van der Waals surface area contributed by atoms with Crippen LogP contribution in [-0.4, -0.2) is 18.4 Å². The molecule has 0 saturated heterocycles. The molecule has 16 heavy (non-hydrogen) atoms. The zero-order chi connectivity index (χ0) is 12.2. The Kier molecular flexibility index (Phi) is 4.27. The highest BCUT2D eigenvalue weighted by Gasteiger charge is 2.45. The Hall–Kier alpha value is -1.12. The highest BCUT2D eigenvalue weighted by molar-refractivity contribution is 6.04. The Balaban J connectivity index is 2.71. The van der Waals surface area contributed by atoms with E-state index in [1.165, 1.54) is 0 Å². The summed E-state index contributed by atoms with van der Waals surface area (Å²) in [6.45, 7) is 5.75. The quantitative estimate of drug-likeness (QED) is 0.420. The van der Waals surface area contributed by atoms with Gasteiger partial charge in [-0.2, -0.15) is 0 Å². The number of esters is 1. The number of hydrogen-bond acceptors (Lipinski definition) is 3. The van der Waals surface area contributed by atoms with Crippen LogP contribution in [0.15, 0.2) is 12.2 Å². The van der Waals surface area contributed by atoms with E-state index in [0.29, 0.717) is 25.4 Å². The Bertz CT molecular complexity index is 306. The van der Waals surface area contributed by atoms with Crippen LogP contribution in [0.2, 0.25) is 0 Å². The fourth-order valence-corrected chi connectivity index (χ4v) is 2.12. The minimum absolute atomic E-state index is 0.0142. The topological polar surface area (TPSA) is 43.4 Å². The lowest BCUT2D eigenvalue weighted by Crippen LogP contribution is -2.42. The molecule has 90 valence electrons. The summed E-state index contributed by atoms with van der Waals surface area (Å²) in [5.41, 5.74) is -0.909. The number of hydrogen-bond donors (Lipinski definition) is 0. The van der Waals surface area contributed by atoms with Crippen LogP contribution >= 0.6 is 0 Å². The number of ketones is 1. The Morgan fingerprint density at radius 1 is 1.62 bits per heavy atom. The number of Topliss-reactive ketones (excluding diaryl/α,β-unsaturated/α-hetero) is 1. The molecule has 0 amide bonds. The largest absolute Gasteiger partial charge is 0.465 e. The maximum absolute atomic E-state index is 12.0. The van der Waals surface area contributed by atoms with E-state index in [0.717, 1.165) is 6.42 Å². The van der Waals surface area contributed by atoms with Crippen molar-refractivity contribution in [3.63, 3.8) is 0 Å². The van der Waals surface area contributed by atoms with Crippen molar-refractivity contribution in [2.24, 2.45) is 11.3 Å². The number of carbonyl (C=O) groups is 2. The second-order valence-electron chi connectivity index (χ2n) is 4.50.